The molecule has 4 nitrogen and oxygen atoms in total. The lowest BCUT2D eigenvalue weighted by molar-refractivity contribution is 0.110. The van der Waals surface area contributed by atoms with Crippen molar-refractivity contribution >= 4 is 0 Å². The third kappa shape index (κ3) is 5.19. The molecule has 0 spiro atoms. The van der Waals surface area contributed by atoms with Crippen molar-refractivity contribution < 1.29 is 14.6 Å². The Kier molecular flexibility index (Phi) is 6.84. The van der Waals surface area contributed by atoms with Gasteiger partial charge in [0.15, 0.2) is 0 Å². The number of phenols is 1. The van der Waals surface area contributed by atoms with Gasteiger partial charge in [0, 0.05) is 33.9 Å². The van der Waals surface area contributed by atoms with Gasteiger partial charge in [0.1, 0.15) is 5.75 Å². The number of aryl methyl sites for hydroxylation is 2. The molecule has 1 aromatic rings. The average Bonchev–Trinajstić information content (AvgIpc) is 2.39. The van der Waals surface area contributed by atoms with Crippen LogP contribution in [0.3, 0.4) is 0 Å². The number of methoxy groups -OCH3 is 2. The molecule has 0 aliphatic carbocycles. The van der Waals surface area contributed by atoms with Crippen LogP contribution in [0.2, 0.25) is 0 Å². The molecular formula is C15H25NO3. The van der Waals surface area contributed by atoms with Gasteiger partial charge in [-0.15, -0.1) is 0 Å². The zero-order chi connectivity index (χ0) is 14.3. The number of ether oxygens (including phenoxy) is 2. The predicted octanol–water partition coefficient (Wildman–Crippen LogP) is 2.10. The van der Waals surface area contributed by atoms with E-state index in [-0.39, 0.29) is 0 Å². The summed E-state index contributed by atoms with van der Waals surface area (Å²) in [5.41, 5.74) is 3.06. The molecule has 0 aliphatic heterocycles. The van der Waals surface area contributed by atoms with Gasteiger partial charge in [0.2, 0.25) is 0 Å². The summed E-state index contributed by atoms with van der Waals surface area (Å²) in [7, 11) is 3.42. The van der Waals surface area contributed by atoms with Gasteiger partial charge in [-0.25, -0.2) is 0 Å². The molecule has 1 N–H and O–H groups in total. The molecule has 0 fully saturated rings. The van der Waals surface area contributed by atoms with Crippen LogP contribution in [0.25, 0.3) is 0 Å². The topological polar surface area (TPSA) is 41.9 Å². The minimum absolute atomic E-state index is 0.393. The molecule has 0 aromatic heterocycles. The Labute approximate surface area is 115 Å². The van der Waals surface area contributed by atoms with Crippen molar-refractivity contribution in [3.8, 4) is 5.75 Å². The fourth-order valence-corrected chi connectivity index (χ4v) is 2.11. The van der Waals surface area contributed by atoms with Crippen LogP contribution in [0.4, 0.5) is 0 Å². The highest BCUT2D eigenvalue weighted by atomic mass is 16.5. The van der Waals surface area contributed by atoms with Gasteiger partial charge in [0.25, 0.3) is 0 Å². The third-order valence-corrected chi connectivity index (χ3v) is 3.18. The van der Waals surface area contributed by atoms with Crippen LogP contribution in [0.1, 0.15) is 16.7 Å². The van der Waals surface area contributed by atoms with Crippen LogP contribution in [0.5, 0.6) is 5.75 Å². The van der Waals surface area contributed by atoms with Crippen molar-refractivity contribution in [2.24, 2.45) is 0 Å². The maximum atomic E-state index is 9.79. The summed E-state index contributed by atoms with van der Waals surface area (Å²) < 4.78 is 10.3. The zero-order valence-corrected chi connectivity index (χ0v) is 12.4. The monoisotopic (exact) mass is 267 g/mol. The van der Waals surface area contributed by atoms with Gasteiger partial charge in [0.05, 0.1) is 13.2 Å². The molecule has 1 aromatic carbocycles. The fraction of sp³-hybridized carbons (Fsp3) is 0.600. The van der Waals surface area contributed by atoms with E-state index in [1.807, 2.05) is 26.0 Å². The van der Waals surface area contributed by atoms with Gasteiger partial charge in [-0.3, -0.25) is 4.90 Å². The summed E-state index contributed by atoms with van der Waals surface area (Å²) in [5, 5.41) is 9.79. The van der Waals surface area contributed by atoms with E-state index in [9.17, 15) is 5.11 Å². The van der Waals surface area contributed by atoms with Crippen LogP contribution in [0, 0.1) is 13.8 Å². The smallest absolute Gasteiger partial charge is 0.121 e. The molecule has 108 valence electrons. The van der Waals surface area contributed by atoms with E-state index in [0.29, 0.717) is 19.0 Å². The van der Waals surface area contributed by atoms with Crippen molar-refractivity contribution in [2.75, 3.05) is 40.5 Å². The van der Waals surface area contributed by atoms with Crippen molar-refractivity contribution in [1.29, 1.82) is 0 Å². The Morgan fingerprint density at radius 1 is 1.00 bits per heavy atom. The highest BCUT2D eigenvalue weighted by Crippen LogP contribution is 2.23. The van der Waals surface area contributed by atoms with Gasteiger partial charge < -0.3 is 14.6 Å². The van der Waals surface area contributed by atoms with Crippen molar-refractivity contribution in [3.05, 3.63) is 28.8 Å². The summed E-state index contributed by atoms with van der Waals surface area (Å²) in [6.07, 6.45) is 0. The van der Waals surface area contributed by atoms with Gasteiger partial charge >= 0.3 is 0 Å². The molecule has 19 heavy (non-hydrogen) atoms. The van der Waals surface area contributed by atoms with E-state index >= 15 is 0 Å². The maximum Gasteiger partial charge on any atom is 0.121 e. The summed E-state index contributed by atoms with van der Waals surface area (Å²) >= 11 is 0. The fourth-order valence-electron chi connectivity index (χ4n) is 2.11. The van der Waals surface area contributed by atoms with E-state index < -0.39 is 0 Å². The first-order valence-corrected chi connectivity index (χ1v) is 6.57. The number of benzene rings is 1. The molecule has 1 rings (SSSR count). The van der Waals surface area contributed by atoms with Gasteiger partial charge in [-0.1, -0.05) is 12.1 Å². The Balaban J connectivity index is 2.71. The Bertz CT molecular complexity index is 362. The molecule has 0 heterocycles. The van der Waals surface area contributed by atoms with Crippen LogP contribution < -0.4 is 0 Å². The SMILES string of the molecule is COCCN(CCOC)Cc1cc(C)c(O)c(C)c1. The number of phenolic OH excluding ortho intramolecular Hbond substituents is 1. The second kappa shape index (κ2) is 8.15. The predicted molar refractivity (Wildman–Crippen MR) is 76.6 cm³/mol. The van der Waals surface area contributed by atoms with Crippen molar-refractivity contribution in [1.82, 2.24) is 4.90 Å². The second-order valence-corrected chi connectivity index (χ2v) is 4.84. The van der Waals surface area contributed by atoms with Crippen LogP contribution >= 0.6 is 0 Å². The summed E-state index contributed by atoms with van der Waals surface area (Å²) in [4.78, 5) is 2.29. The first-order chi connectivity index (χ1) is 9.08. The van der Waals surface area contributed by atoms with Crippen LogP contribution in [-0.4, -0.2) is 50.5 Å². The quantitative estimate of drug-likeness (QED) is 0.783. The lowest BCUT2D eigenvalue weighted by atomic mass is 10.1. The molecule has 0 saturated heterocycles. The normalized spacial score (nSPS) is 11.2. The molecule has 0 saturated carbocycles. The number of nitrogens with zero attached hydrogens (tertiary/aromatic N) is 1. The third-order valence-electron chi connectivity index (χ3n) is 3.18. The average molecular weight is 267 g/mol. The molecule has 4 heteroatoms. The standard InChI is InChI=1S/C15H25NO3/c1-12-9-14(10-13(2)15(12)17)11-16(5-7-18-3)6-8-19-4/h9-10,17H,5-8,11H2,1-4H3. The largest absolute Gasteiger partial charge is 0.507 e. The Morgan fingerprint density at radius 3 is 1.89 bits per heavy atom. The summed E-state index contributed by atoms with van der Waals surface area (Å²) in [5.74, 6) is 0.393. The minimum atomic E-state index is 0.393. The lowest BCUT2D eigenvalue weighted by Gasteiger charge is -2.22. The Morgan fingerprint density at radius 2 is 1.47 bits per heavy atom. The molecule has 0 atom stereocenters. The van der Waals surface area contributed by atoms with E-state index in [0.717, 1.165) is 30.8 Å². The van der Waals surface area contributed by atoms with Gasteiger partial charge in [-0.05, 0) is 30.5 Å². The van der Waals surface area contributed by atoms with Crippen LogP contribution in [-0.2, 0) is 16.0 Å². The van der Waals surface area contributed by atoms with Gasteiger partial charge in [-0.2, -0.15) is 0 Å². The summed E-state index contributed by atoms with van der Waals surface area (Å²) in [6, 6.07) is 4.07. The molecule has 0 bridgehead atoms. The van der Waals surface area contributed by atoms with E-state index in [2.05, 4.69) is 4.90 Å². The lowest BCUT2D eigenvalue weighted by Crippen LogP contribution is -2.30. The molecule has 0 radical (unpaired) electrons. The first-order valence-electron chi connectivity index (χ1n) is 6.57. The minimum Gasteiger partial charge on any atom is -0.507 e. The van der Waals surface area contributed by atoms with E-state index in [1.54, 1.807) is 14.2 Å². The van der Waals surface area contributed by atoms with Crippen molar-refractivity contribution in [2.45, 2.75) is 20.4 Å². The molecule has 0 unspecified atom stereocenters. The second-order valence-electron chi connectivity index (χ2n) is 4.84. The molecule has 0 amide bonds. The number of rotatable bonds is 8. The molecule has 0 aliphatic rings. The number of hydrogen-bond acceptors (Lipinski definition) is 4. The summed E-state index contributed by atoms with van der Waals surface area (Å²) in [6.45, 7) is 7.87. The number of aromatic hydroxyl groups is 1. The zero-order valence-electron chi connectivity index (χ0n) is 12.4. The highest BCUT2D eigenvalue weighted by molar-refractivity contribution is 5.42. The van der Waals surface area contributed by atoms with Crippen LogP contribution in [0.15, 0.2) is 12.1 Å². The first kappa shape index (κ1) is 16.0. The van der Waals surface area contributed by atoms with Crippen molar-refractivity contribution in [3.63, 3.8) is 0 Å². The number of hydrogen-bond donors (Lipinski definition) is 1. The maximum absolute atomic E-state index is 9.79. The highest BCUT2D eigenvalue weighted by Gasteiger charge is 2.08. The molecular weight excluding hydrogens is 242 g/mol. The van der Waals surface area contributed by atoms with E-state index in [1.165, 1.54) is 5.56 Å². The Hall–Kier alpha value is -1.10. The van der Waals surface area contributed by atoms with E-state index in [4.69, 9.17) is 9.47 Å².